The number of alkyl carbamates (subject to hydrolysis) is 2. The molecule has 5 N–H and O–H groups in total. The van der Waals surface area contributed by atoms with Gasteiger partial charge in [-0.1, -0.05) is 32.0 Å². The number of nitrogens with zero attached hydrogens (tertiary/aromatic N) is 4. The monoisotopic (exact) mass is 806 g/mol. The maximum Gasteiger partial charge on any atom is 0.407 e. The minimum absolute atomic E-state index is 0.0224. The number of rotatable bonds is 9. The van der Waals surface area contributed by atoms with Gasteiger partial charge in [0, 0.05) is 23.0 Å². The number of fused-ring (bicyclic) bond motifs is 6. The van der Waals surface area contributed by atoms with Crippen molar-refractivity contribution in [1.29, 1.82) is 0 Å². The summed E-state index contributed by atoms with van der Waals surface area (Å²) in [4.78, 5) is 71.7. The first kappa shape index (κ1) is 39.7. The van der Waals surface area contributed by atoms with Crippen LogP contribution < -0.4 is 15.4 Å². The number of likely N-dealkylation sites (tertiary alicyclic amines) is 2. The number of benzene rings is 3. The standard InChI is InChI=1S/C43H50N8O8/c1-21(2)36(49-43(56)58-6)41(54)51-23(4)7-13-33(51)38-44-18-31(46-38)25-9-11-27-26(15-25)20-59-35-17-28-24(16-29(27)35)10-12-30-37(28)48-39(45-30)34-14-8-22(3)50(34)40(53)32(19-52)47-42(55)57-5/h9-12,15-18,21-23,32-34,36,52H,7-8,13-14,19-20H2,1-6H3,(H,44,46)(H,45,48)(H,47,55)(H,49,56)/t22-,23-,32-,33-,34-,36?/m0/s1. The lowest BCUT2D eigenvalue weighted by Gasteiger charge is -2.32. The highest BCUT2D eigenvalue weighted by Gasteiger charge is 2.42. The van der Waals surface area contributed by atoms with Crippen molar-refractivity contribution in [2.75, 3.05) is 20.8 Å². The molecule has 310 valence electrons. The second-order valence-corrected chi connectivity index (χ2v) is 16.1. The number of carbonyl (C=O) groups excluding carboxylic acids is 4. The highest BCUT2D eigenvalue weighted by atomic mass is 16.5. The van der Waals surface area contributed by atoms with E-state index in [-0.39, 0.29) is 36.0 Å². The van der Waals surface area contributed by atoms with Crippen LogP contribution in [0.5, 0.6) is 5.75 Å². The van der Waals surface area contributed by atoms with Crippen molar-refractivity contribution >= 4 is 45.8 Å². The molecule has 2 saturated heterocycles. The summed E-state index contributed by atoms with van der Waals surface area (Å²) in [5, 5.41) is 17.0. The lowest BCUT2D eigenvalue weighted by atomic mass is 9.92. The van der Waals surface area contributed by atoms with E-state index in [1.165, 1.54) is 14.2 Å². The Kier molecular flexibility index (Phi) is 10.7. The maximum absolute atomic E-state index is 13.8. The van der Waals surface area contributed by atoms with Crippen molar-refractivity contribution in [3.8, 4) is 28.1 Å². The normalized spacial score (nSPS) is 20.9. The fourth-order valence-corrected chi connectivity index (χ4v) is 8.96. The molecule has 4 amide bonds. The van der Waals surface area contributed by atoms with Crippen LogP contribution in [0.3, 0.4) is 0 Å². The van der Waals surface area contributed by atoms with Gasteiger partial charge in [0.25, 0.3) is 0 Å². The third-order valence-electron chi connectivity index (χ3n) is 12.1. The van der Waals surface area contributed by atoms with Crippen LogP contribution in [0.25, 0.3) is 44.2 Å². The lowest BCUT2D eigenvalue weighted by Crippen LogP contribution is -2.52. The fourth-order valence-electron chi connectivity index (χ4n) is 8.96. The number of methoxy groups -OCH3 is 2. The molecule has 2 aromatic heterocycles. The molecule has 6 atom stereocenters. The zero-order valence-electron chi connectivity index (χ0n) is 34.0. The van der Waals surface area contributed by atoms with Gasteiger partial charge < -0.3 is 49.7 Å². The van der Waals surface area contributed by atoms with Crippen molar-refractivity contribution in [2.24, 2.45) is 5.92 Å². The average molecular weight is 807 g/mol. The first-order valence-corrected chi connectivity index (χ1v) is 20.1. The van der Waals surface area contributed by atoms with Gasteiger partial charge in [-0.05, 0) is 91.8 Å². The molecule has 0 spiro atoms. The quantitative estimate of drug-likeness (QED) is 0.120. The minimum atomic E-state index is -1.14. The molecule has 0 bridgehead atoms. The SMILES string of the molecule is COC(=O)NC(C(=O)N1[C@@H](C)CC[C@H]1c1ncc(-c2ccc3c(c2)COc2cc4c(ccc5[nH]c([C@@H]6CC[C@H](C)N6C(=O)[C@H](CO)NC(=O)OC)nc54)cc2-3)[nH]1)C(C)C. The second kappa shape index (κ2) is 15.9. The molecule has 16 nitrogen and oxygen atoms in total. The van der Waals surface area contributed by atoms with E-state index >= 15 is 0 Å². The molecule has 0 aliphatic carbocycles. The Bertz CT molecular complexity index is 2440. The van der Waals surface area contributed by atoms with Crippen molar-refractivity contribution in [3.63, 3.8) is 0 Å². The summed E-state index contributed by atoms with van der Waals surface area (Å²) < 4.78 is 15.9. The van der Waals surface area contributed by atoms with E-state index < -0.39 is 36.8 Å². The Labute approximate surface area is 341 Å². The molecule has 16 heteroatoms. The number of hydrogen-bond acceptors (Lipinski definition) is 10. The van der Waals surface area contributed by atoms with Gasteiger partial charge in [-0.3, -0.25) is 9.59 Å². The molecule has 5 heterocycles. The Morgan fingerprint density at radius 3 is 2.25 bits per heavy atom. The number of aromatic nitrogens is 4. The van der Waals surface area contributed by atoms with Crippen LogP contribution in [-0.4, -0.2) is 104 Å². The Morgan fingerprint density at radius 2 is 1.56 bits per heavy atom. The second-order valence-electron chi connectivity index (χ2n) is 16.1. The van der Waals surface area contributed by atoms with Gasteiger partial charge in [0.1, 0.15) is 36.1 Å². The highest BCUT2D eigenvalue weighted by Crippen LogP contribution is 2.44. The number of aromatic amines is 2. The average Bonchev–Trinajstić information content (AvgIpc) is 4.06. The number of aliphatic hydroxyl groups excluding tert-OH is 1. The zero-order valence-corrected chi connectivity index (χ0v) is 34.0. The molecule has 0 radical (unpaired) electrons. The van der Waals surface area contributed by atoms with Crippen LogP contribution in [0, 0.1) is 5.92 Å². The molecule has 3 aliphatic rings. The smallest absolute Gasteiger partial charge is 0.407 e. The van der Waals surface area contributed by atoms with E-state index in [2.05, 4.69) is 49.6 Å². The van der Waals surface area contributed by atoms with Gasteiger partial charge in [-0.15, -0.1) is 0 Å². The summed E-state index contributed by atoms with van der Waals surface area (Å²) in [7, 11) is 2.49. The van der Waals surface area contributed by atoms with E-state index in [0.29, 0.717) is 24.7 Å². The molecule has 5 aromatic rings. The number of aliphatic hydroxyl groups is 1. The number of nitrogens with one attached hydrogen (secondary N) is 4. The van der Waals surface area contributed by atoms with Gasteiger partial charge in [-0.2, -0.15) is 0 Å². The summed E-state index contributed by atoms with van der Waals surface area (Å²) in [6.45, 7) is 7.57. The Hall–Kier alpha value is -6.16. The summed E-state index contributed by atoms with van der Waals surface area (Å²) in [6.07, 6.45) is 3.35. The minimum Gasteiger partial charge on any atom is -0.488 e. The van der Waals surface area contributed by atoms with Crippen molar-refractivity contribution < 1.29 is 38.5 Å². The largest absolute Gasteiger partial charge is 0.488 e. The molecule has 3 aliphatic heterocycles. The summed E-state index contributed by atoms with van der Waals surface area (Å²) in [5.41, 5.74) is 6.40. The Balaban J connectivity index is 1.04. The van der Waals surface area contributed by atoms with Crippen LogP contribution in [-0.2, 0) is 25.7 Å². The van der Waals surface area contributed by atoms with Crippen molar-refractivity contribution in [3.05, 3.63) is 65.9 Å². The molecule has 59 heavy (non-hydrogen) atoms. The van der Waals surface area contributed by atoms with Gasteiger partial charge in [0.2, 0.25) is 11.8 Å². The summed E-state index contributed by atoms with van der Waals surface area (Å²) in [6, 6.07) is 11.8. The highest BCUT2D eigenvalue weighted by molar-refractivity contribution is 6.07. The maximum atomic E-state index is 13.8. The zero-order chi connectivity index (χ0) is 41.7. The van der Waals surface area contributed by atoms with Crippen molar-refractivity contribution in [2.45, 2.75) is 96.2 Å². The van der Waals surface area contributed by atoms with Gasteiger partial charge in [-0.25, -0.2) is 19.6 Å². The Morgan fingerprint density at radius 1 is 0.864 bits per heavy atom. The molecule has 3 aromatic carbocycles. The summed E-state index contributed by atoms with van der Waals surface area (Å²) in [5.74, 6) is 1.38. The first-order valence-electron chi connectivity index (χ1n) is 20.1. The van der Waals surface area contributed by atoms with E-state index in [0.717, 1.165) is 74.8 Å². The number of amides is 4. The third-order valence-corrected chi connectivity index (χ3v) is 12.1. The lowest BCUT2D eigenvalue weighted by molar-refractivity contribution is -0.138. The number of H-pyrrole nitrogens is 2. The van der Waals surface area contributed by atoms with Crippen LogP contribution >= 0.6 is 0 Å². The fraction of sp³-hybridized carbons (Fsp3) is 0.442. The molecule has 1 unspecified atom stereocenters. The predicted octanol–water partition coefficient (Wildman–Crippen LogP) is 5.87. The van der Waals surface area contributed by atoms with E-state index in [4.69, 9.17) is 19.4 Å². The molecule has 0 saturated carbocycles. The predicted molar refractivity (Wildman–Crippen MR) is 218 cm³/mol. The van der Waals surface area contributed by atoms with E-state index in [1.807, 2.05) is 50.8 Å². The van der Waals surface area contributed by atoms with Crippen LogP contribution in [0.15, 0.2) is 48.7 Å². The van der Waals surface area contributed by atoms with E-state index in [1.54, 1.807) is 11.1 Å². The number of imidazole rings is 2. The van der Waals surface area contributed by atoms with Crippen LogP contribution in [0.2, 0.25) is 0 Å². The number of carbonyl (C=O) groups is 4. The van der Waals surface area contributed by atoms with Crippen LogP contribution in [0.4, 0.5) is 9.59 Å². The summed E-state index contributed by atoms with van der Waals surface area (Å²) >= 11 is 0. The number of hydrogen-bond donors (Lipinski definition) is 5. The van der Waals surface area contributed by atoms with Gasteiger partial charge >= 0.3 is 12.2 Å². The van der Waals surface area contributed by atoms with Crippen molar-refractivity contribution in [1.82, 2.24) is 40.4 Å². The van der Waals surface area contributed by atoms with Crippen LogP contribution in [0.1, 0.15) is 82.7 Å². The molecular weight excluding hydrogens is 757 g/mol. The third kappa shape index (κ3) is 7.19. The number of ether oxygens (including phenoxy) is 3. The van der Waals surface area contributed by atoms with Gasteiger partial charge in [0.15, 0.2) is 0 Å². The first-order chi connectivity index (χ1) is 28.4. The van der Waals surface area contributed by atoms with E-state index in [9.17, 15) is 24.3 Å². The molecule has 8 rings (SSSR count). The molecule has 2 fully saturated rings. The topological polar surface area (TPSA) is 204 Å². The molecular formula is C43H50N8O8. The van der Waals surface area contributed by atoms with Gasteiger partial charge in [0.05, 0.1) is 55.8 Å².